The van der Waals surface area contributed by atoms with Crippen molar-refractivity contribution in [3.63, 3.8) is 0 Å². The second kappa shape index (κ2) is 8.77. The lowest BCUT2D eigenvalue weighted by Crippen LogP contribution is -2.55. The Kier molecular flexibility index (Phi) is 6.71. The number of rotatable bonds is 3. The van der Waals surface area contributed by atoms with Crippen LogP contribution in [0, 0.1) is 11.3 Å². The molecule has 0 bridgehead atoms. The van der Waals surface area contributed by atoms with Gasteiger partial charge in [-0.25, -0.2) is 8.42 Å². The van der Waals surface area contributed by atoms with Crippen molar-refractivity contribution >= 4 is 15.9 Å². The average molecular weight is 498 g/mol. The van der Waals surface area contributed by atoms with Crippen LogP contribution >= 0.6 is 0 Å². The third-order valence-electron chi connectivity index (χ3n) is 5.84. The van der Waals surface area contributed by atoms with Gasteiger partial charge in [0.15, 0.2) is 0 Å². The minimum Gasteiger partial charge on any atom is -0.339 e. The summed E-state index contributed by atoms with van der Waals surface area (Å²) in [6.45, 7) is -0.0387. The molecule has 0 aromatic heterocycles. The molecule has 2 aliphatic heterocycles. The van der Waals surface area contributed by atoms with Crippen LogP contribution in [0.25, 0.3) is 0 Å². The Morgan fingerprint density at radius 2 is 1.73 bits per heavy atom. The smallest absolute Gasteiger partial charge is 0.339 e. The van der Waals surface area contributed by atoms with Gasteiger partial charge in [-0.15, -0.1) is 0 Å². The Labute approximate surface area is 186 Å². The van der Waals surface area contributed by atoms with Crippen molar-refractivity contribution in [1.82, 2.24) is 14.5 Å². The summed E-state index contributed by atoms with van der Waals surface area (Å²) in [5.41, 5.74) is -2.33. The Balaban J connectivity index is 1.85. The molecule has 1 N–H and O–H groups in total. The molecule has 0 spiro atoms. The van der Waals surface area contributed by atoms with E-state index in [2.05, 4.69) is 5.32 Å². The number of benzene rings is 1. The molecule has 33 heavy (non-hydrogen) atoms. The molecule has 3 rings (SSSR count). The molecule has 2 aliphatic rings. The topological polar surface area (TPSA) is 93.5 Å². The van der Waals surface area contributed by atoms with E-state index < -0.39 is 63.8 Å². The van der Waals surface area contributed by atoms with Crippen LogP contribution in [0.2, 0.25) is 0 Å². The molecule has 182 valence electrons. The van der Waals surface area contributed by atoms with E-state index in [1.54, 1.807) is 0 Å². The molecule has 0 radical (unpaired) electrons. The van der Waals surface area contributed by atoms with Gasteiger partial charge in [-0.3, -0.25) is 10.1 Å². The van der Waals surface area contributed by atoms with Crippen molar-refractivity contribution in [1.29, 1.82) is 5.26 Å². The molecule has 2 fully saturated rings. The highest BCUT2D eigenvalue weighted by Crippen LogP contribution is 2.42. The number of halogens is 6. The maximum Gasteiger partial charge on any atom is 0.417 e. The zero-order valence-electron chi connectivity index (χ0n) is 17.2. The molecule has 0 saturated carbocycles. The van der Waals surface area contributed by atoms with Crippen molar-refractivity contribution < 1.29 is 39.6 Å². The first-order chi connectivity index (χ1) is 15.1. The van der Waals surface area contributed by atoms with Gasteiger partial charge in [-0.2, -0.15) is 35.9 Å². The van der Waals surface area contributed by atoms with Crippen molar-refractivity contribution in [3.8, 4) is 6.07 Å². The van der Waals surface area contributed by atoms with Crippen LogP contribution in [0.5, 0.6) is 0 Å². The van der Waals surface area contributed by atoms with Crippen molar-refractivity contribution in [2.45, 2.75) is 36.8 Å². The summed E-state index contributed by atoms with van der Waals surface area (Å²) in [4.78, 5) is 14.1. The number of hydrogen-bond acceptors (Lipinski definition) is 5. The largest absolute Gasteiger partial charge is 0.417 e. The van der Waals surface area contributed by atoms with Gasteiger partial charge in [0.2, 0.25) is 15.9 Å². The Bertz CT molecular complexity index is 1060. The lowest BCUT2D eigenvalue weighted by molar-refractivity contribution is -0.156. The maximum absolute atomic E-state index is 13.7. The normalized spacial score (nSPS) is 25.2. The number of carbonyl (C=O) groups excluding carboxylic acids is 1. The lowest BCUT2D eigenvalue weighted by Gasteiger charge is -2.34. The van der Waals surface area contributed by atoms with Crippen LogP contribution in [0.15, 0.2) is 18.2 Å². The predicted octanol–water partition coefficient (Wildman–Crippen LogP) is 2.06. The summed E-state index contributed by atoms with van der Waals surface area (Å²) < 4.78 is 105. The van der Waals surface area contributed by atoms with E-state index in [1.807, 2.05) is 0 Å². The number of nitrogens with one attached hydrogen (secondary N) is 1. The number of carbonyl (C=O) groups is 1. The van der Waals surface area contributed by atoms with E-state index >= 15 is 0 Å². The molecule has 14 heteroatoms. The minimum absolute atomic E-state index is 0.00597. The van der Waals surface area contributed by atoms with Gasteiger partial charge >= 0.3 is 12.4 Å². The first-order valence-electron chi connectivity index (χ1n) is 9.81. The number of nitriles is 1. The zero-order chi connectivity index (χ0) is 24.8. The monoisotopic (exact) mass is 498 g/mol. The summed E-state index contributed by atoms with van der Waals surface area (Å²) in [6, 6.07) is 0.197. The van der Waals surface area contributed by atoms with E-state index in [1.165, 1.54) is 11.0 Å². The molecule has 0 aliphatic carbocycles. The number of alkyl halides is 6. The van der Waals surface area contributed by atoms with Gasteiger partial charge in [0.25, 0.3) is 0 Å². The fraction of sp³-hybridized carbons (Fsp3) is 0.579. The SMILES string of the molecule is CS(=O)(=O)N1CCN(C(=O)C2CC(c3ccc(C#N)c(C(F)(F)F)c3)C(C(F)(F)F)N2)CC1. The van der Waals surface area contributed by atoms with Crippen molar-refractivity contribution in [2.24, 2.45) is 0 Å². The predicted molar refractivity (Wildman–Crippen MR) is 103 cm³/mol. The van der Waals surface area contributed by atoms with Crippen LogP contribution in [0.3, 0.4) is 0 Å². The molecule has 2 saturated heterocycles. The summed E-state index contributed by atoms with van der Waals surface area (Å²) >= 11 is 0. The summed E-state index contributed by atoms with van der Waals surface area (Å²) in [5.74, 6) is -2.16. The first-order valence-corrected chi connectivity index (χ1v) is 11.7. The Morgan fingerprint density at radius 3 is 2.21 bits per heavy atom. The molecule has 1 amide bonds. The molecule has 3 unspecified atom stereocenters. The second-order valence-corrected chi connectivity index (χ2v) is 9.97. The van der Waals surface area contributed by atoms with Crippen LogP contribution < -0.4 is 5.32 Å². The van der Waals surface area contributed by atoms with Gasteiger partial charge in [-0.1, -0.05) is 6.07 Å². The zero-order valence-corrected chi connectivity index (χ0v) is 18.1. The third-order valence-corrected chi connectivity index (χ3v) is 7.14. The number of nitrogens with zero attached hydrogens (tertiary/aromatic N) is 3. The molecule has 7 nitrogen and oxygen atoms in total. The minimum atomic E-state index is -4.94. The van der Waals surface area contributed by atoms with Gasteiger partial charge < -0.3 is 4.90 Å². The van der Waals surface area contributed by atoms with Crippen molar-refractivity contribution in [3.05, 3.63) is 34.9 Å². The van der Waals surface area contributed by atoms with Crippen LogP contribution in [-0.2, 0) is 21.0 Å². The molecule has 1 aromatic carbocycles. The molecular weight excluding hydrogens is 478 g/mol. The van der Waals surface area contributed by atoms with Crippen LogP contribution in [0.4, 0.5) is 26.3 Å². The average Bonchev–Trinajstić information content (AvgIpc) is 3.17. The second-order valence-electron chi connectivity index (χ2n) is 7.98. The number of piperazine rings is 1. The fourth-order valence-electron chi connectivity index (χ4n) is 4.20. The molecule has 1 aromatic rings. The van der Waals surface area contributed by atoms with Crippen LogP contribution in [-0.4, -0.2) is 74.2 Å². The number of sulfonamides is 1. The number of amides is 1. The quantitative estimate of drug-likeness (QED) is 0.645. The van der Waals surface area contributed by atoms with Gasteiger partial charge in [0.05, 0.1) is 29.5 Å². The lowest BCUT2D eigenvalue weighted by atomic mass is 9.88. The van der Waals surface area contributed by atoms with Crippen molar-refractivity contribution in [2.75, 3.05) is 32.4 Å². The molecule has 3 atom stereocenters. The van der Waals surface area contributed by atoms with Gasteiger partial charge in [0, 0.05) is 32.1 Å². The van der Waals surface area contributed by atoms with E-state index in [4.69, 9.17) is 5.26 Å². The van der Waals surface area contributed by atoms with E-state index in [9.17, 15) is 39.6 Å². The highest BCUT2D eigenvalue weighted by Gasteiger charge is 2.53. The van der Waals surface area contributed by atoms with E-state index in [0.29, 0.717) is 6.07 Å². The third kappa shape index (κ3) is 5.42. The molecular formula is C19H20F6N4O3S. The Hall–Kier alpha value is -2.37. The highest BCUT2D eigenvalue weighted by molar-refractivity contribution is 7.88. The van der Waals surface area contributed by atoms with Gasteiger partial charge in [-0.05, 0) is 24.1 Å². The van der Waals surface area contributed by atoms with Crippen LogP contribution in [0.1, 0.15) is 29.0 Å². The summed E-state index contributed by atoms with van der Waals surface area (Å²) in [5, 5.41) is 11.1. The summed E-state index contributed by atoms with van der Waals surface area (Å²) in [6.07, 6.45) is -9.18. The standard InChI is InChI=1S/C19H20F6N4O3S/c1-33(31,32)29-6-4-28(5-7-29)17(30)15-9-13(16(27-15)19(23,24)25)11-2-3-12(10-26)14(8-11)18(20,21)22/h2-3,8,13,15-16,27H,4-7,9H2,1H3. The molecule has 2 heterocycles. The number of hydrogen-bond donors (Lipinski definition) is 1. The first kappa shape index (κ1) is 25.3. The van der Waals surface area contributed by atoms with E-state index in [0.717, 1.165) is 22.7 Å². The highest BCUT2D eigenvalue weighted by atomic mass is 32.2. The maximum atomic E-state index is 13.7. The fourth-order valence-corrected chi connectivity index (χ4v) is 5.03. The summed E-state index contributed by atoms with van der Waals surface area (Å²) in [7, 11) is -3.47. The Morgan fingerprint density at radius 1 is 1.12 bits per heavy atom. The van der Waals surface area contributed by atoms with Gasteiger partial charge in [0.1, 0.15) is 6.04 Å². The van der Waals surface area contributed by atoms with E-state index in [-0.39, 0.29) is 31.7 Å².